The molecule has 0 bridgehead atoms. The van der Waals surface area contributed by atoms with Gasteiger partial charge in [0.15, 0.2) is 0 Å². The smallest absolute Gasteiger partial charge is 0.407 e. The molecule has 5 nitrogen and oxygen atoms in total. The summed E-state index contributed by atoms with van der Waals surface area (Å²) in [7, 11) is 0. The summed E-state index contributed by atoms with van der Waals surface area (Å²) in [6.07, 6.45) is 22.7. The van der Waals surface area contributed by atoms with Gasteiger partial charge < -0.3 is 19.5 Å². The molecule has 1 amide bonds. The van der Waals surface area contributed by atoms with Crippen LogP contribution < -0.4 is 5.32 Å². The average Bonchev–Trinajstić information content (AvgIpc) is 3.61. The van der Waals surface area contributed by atoms with Crippen LogP contribution in [-0.2, 0) is 19.8 Å². The van der Waals surface area contributed by atoms with Gasteiger partial charge in [0, 0.05) is 6.54 Å². The lowest BCUT2D eigenvalue weighted by Crippen LogP contribution is -2.36. The highest BCUT2D eigenvalue weighted by atomic mass is 16.6. The Balaban J connectivity index is 1.07. The van der Waals surface area contributed by atoms with E-state index in [1.807, 2.05) is 18.2 Å². The van der Waals surface area contributed by atoms with E-state index in [1.54, 1.807) is 0 Å². The van der Waals surface area contributed by atoms with Crippen LogP contribution in [0.4, 0.5) is 4.79 Å². The predicted octanol–water partition coefficient (Wildman–Crippen LogP) is 11.5. The van der Waals surface area contributed by atoms with Gasteiger partial charge in [-0.25, -0.2) is 4.79 Å². The Morgan fingerprint density at radius 1 is 0.592 bits per heavy atom. The molecule has 0 saturated carbocycles. The second-order valence-electron chi connectivity index (χ2n) is 13.9. The molecule has 0 aliphatic carbocycles. The third-order valence-corrected chi connectivity index (χ3v) is 9.92. The second kappa shape index (κ2) is 23.3. The van der Waals surface area contributed by atoms with E-state index in [-0.39, 0.29) is 24.9 Å². The maximum Gasteiger partial charge on any atom is 0.407 e. The van der Waals surface area contributed by atoms with E-state index in [2.05, 4.69) is 85.0 Å². The van der Waals surface area contributed by atoms with Gasteiger partial charge in [-0.1, -0.05) is 194 Å². The quantitative estimate of drug-likeness (QED) is 0.0720. The third kappa shape index (κ3) is 13.6. The topological polar surface area (TPSA) is 56.8 Å². The Bertz CT molecular complexity index is 1160. The Morgan fingerprint density at radius 3 is 1.41 bits per heavy atom. The van der Waals surface area contributed by atoms with Crippen LogP contribution in [0.2, 0.25) is 0 Å². The van der Waals surface area contributed by atoms with E-state index in [4.69, 9.17) is 14.2 Å². The maximum absolute atomic E-state index is 12.4. The molecule has 49 heavy (non-hydrogen) atoms. The molecule has 5 heteroatoms. The highest BCUT2D eigenvalue weighted by Crippen LogP contribution is 2.41. The van der Waals surface area contributed by atoms with Crippen molar-refractivity contribution < 1.29 is 19.0 Å². The zero-order chi connectivity index (χ0) is 34.2. The Labute approximate surface area is 297 Å². The van der Waals surface area contributed by atoms with Crippen LogP contribution in [0, 0.1) is 0 Å². The molecule has 0 spiro atoms. The van der Waals surface area contributed by atoms with Gasteiger partial charge in [0.25, 0.3) is 0 Å². The van der Waals surface area contributed by atoms with Crippen LogP contribution in [-0.4, -0.2) is 38.1 Å². The van der Waals surface area contributed by atoms with Gasteiger partial charge in [-0.15, -0.1) is 0 Å². The number of hydrogen-bond acceptors (Lipinski definition) is 4. The predicted molar refractivity (Wildman–Crippen MR) is 202 cm³/mol. The molecule has 0 unspecified atom stereocenters. The fourth-order valence-electron chi connectivity index (χ4n) is 7.10. The zero-order valence-corrected chi connectivity index (χ0v) is 30.3. The van der Waals surface area contributed by atoms with E-state index in [9.17, 15) is 4.79 Å². The van der Waals surface area contributed by atoms with Crippen molar-refractivity contribution in [2.45, 2.75) is 140 Å². The van der Waals surface area contributed by atoms with E-state index < -0.39 is 5.60 Å². The molecular formula is C44H63NO4. The summed E-state index contributed by atoms with van der Waals surface area (Å²) in [4.78, 5) is 12.4. The fraction of sp³-hybridized carbons (Fsp3) is 0.568. The van der Waals surface area contributed by atoms with Gasteiger partial charge in [-0.05, 0) is 36.0 Å². The fourth-order valence-corrected chi connectivity index (χ4v) is 7.10. The number of benzene rings is 3. The van der Waals surface area contributed by atoms with E-state index in [0.717, 1.165) is 42.4 Å². The second-order valence-corrected chi connectivity index (χ2v) is 13.9. The van der Waals surface area contributed by atoms with Crippen molar-refractivity contribution in [3.63, 3.8) is 0 Å². The molecule has 0 aromatic heterocycles. The van der Waals surface area contributed by atoms with Crippen LogP contribution in [0.3, 0.4) is 0 Å². The number of nitrogens with one attached hydrogen (secondary N) is 1. The first-order chi connectivity index (χ1) is 24.2. The standard InChI is InChI=1S/C44H63NO4/c1-2-3-4-5-6-7-8-9-10-11-12-13-14-15-16-26-35-45-43(46)47-36-41-33-34-42(49-41)37-48-44(38-27-20-17-21-28-38,39-29-22-18-23-30-39)40-31-24-19-25-32-40/h17-25,27-32,41-42H,2-16,26,33-37H2,1H3,(H,45,46)/t41-,42+/m1/s1. The van der Waals surface area contributed by atoms with Gasteiger partial charge in [-0.3, -0.25) is 0 Å². The normalized spacial score (nSPS) is 16.1. The maximum atomic E-state index is 12.4. The number of alkyl carbamates (subject to hydrolysis) is 1. The van der Waals surface area contributed by atoms with Crippen molar-refractivity contribution in [2.24, 2.45) is 0 Å². The highest BCUT2D eigenvalue weighted by molar-refractivity contribution is 5.67. The van der Waals surface area contributed by atoms with Crippen LogP contribution in [0.1, 0.15) is 139 Å². The molecule has 1 aliphatic heterocycles. The van der Waals surface area contributed by atoms with Crippen molar-refractivity contribution in [1.29, 1.82) is 0 Å². The number of hydrogen-bond donors (Lipinski definition) is 1. The number of carbonyl (C=O) groups is 1. The summed E-state index contributed by atoms with van der Waals surface area (Å²) in [6.45, 7) is 3.65. The number of carbonyl (C=O) groups excluding carboxylic acids is 1. The highest BCUT2D eigenvalue weighted by Gasteiger charge is 2.39. The summed E-state index contributed by atoms with van der Waals surface area (Å²) in [5.41, 5.74) is 2.46. The Morgan fingerprint density at radius 2 is 0.980 bits per heavy atom. The lowest BCUT2D eigenvalue weighted by atomic mass is 9.80. The van der Waals surface area contributed by atoms with Crippen LogP contribution >= 0.6 is 0 Å². The minimum atomic E-state index is -0.770. The summed E-state index contributed by atoms with van der Waals surface area (Å²) < 4.78 is 18.8. The van der Waals surface area contributed by atoms with Crippen molar-refractivity contribution in [3.8, 4) is 0 Å². The van der Waals surface area contributed by atoms with Crippen LogP contribution in [0.15, 0.2) is 91.0 Å². The van der Waals surface area contributed by atoms with Crippen LogP contribution in [0.25, 0.3) is 0 Å². The molecule has 2 atom stereocenters. The lowest BCUT2D eigenvalue weighted by molar-refractivity contribution is -0.0701. The summed E-state index contributed by atoms with van der Waals surface area (Å²) in [5, 5.41) is 2.93. The van der Waals surface area contributed by atoms with Gasteiger partial charge in [0.05, 0.1) is 18.8 Å². The molecule has 4 rings (SSSR count). The molecule has 268 valence electrons. The summed E-state index contributed by atoms with van der Waals surface area (Å²) >= 11 is 0. The first kappa shape index (κ1) is 38.6. The third-order valence-electron chi connectivity index (χ3n) is 9.92. The number of ether oxygens (including phenoxy) is 3. The zero-order valence-electron chi connectivity index (χ0n) is 30.3. The van der Waals surface area contributed by atoms with Crippen LogP contribution in [0.5, 0.6) is 0 Å². The molecule has 3 aromatic rings. The number of rotatable bonds is 25. The number of unbranched alkanes of at least 4 members (excludes halogenated alkanes) is 15. The molecule has 1 aliphatic rings. The first-order valence-electron chi connectivity index (χ1n) is 19.6. The van der Waals surface area contributed by atoms with Gasteiger partial charge in [-0.2, -0.15) is 0 Å². The van der Waals surface area contributed by atoms with Gasteiger partial charge in [0.2, 0.25) is 0 Å². The average molecular weight is 670 g/mol. The number of amides is 1. The SMILES string of the molecule is CCCCCCCCCCCCCCCCCCNC(=O)OC[C@H]1CC[C@@H](COC(c2ccccc2)(c2ccccc2)c2ccccc2)O1. The monoisotopic (exact) mass is 669 g/mol. The van der Waals surface area contributed by atoms with E-state index >= 15 is 0 Å². The minimum absolute atomic E-state index is 0.0720. The van der Waals surface area contributed by atoms with Crippen molar-refractivity contribution >= 4 is 6.09 Å². The van der Waals surface area contributed by atoms with Crippen molar-refractivity contribution in [1.82, 2.24) is 5.32 Å². The lowest BCUT2D eigenvalue weighted by Gasteiger charge is -2.36. The van der Waals surface area contributed by atoms with Crippen molar-refractivity contribution in [3.05, 3.63) is 108 Å². The molecule has 1 saturated heterocycles. The van der Waals surface area contributed by atoms with Gasteiger partial charge >= 0.3 is 6.09 Å². The molecular weight excluding hydrogens is 606 g/mol. The molecule has 1 heterocycles. The molecule has 1 N–H and O–H groups in total. The van der Waals surface area contributed by atoms with Gasteiger partial charge in [0.1, 0.15) is 12.2 Å². The molecule has 1 fully saturated rings. The summed E-state index contributed by atoms with van der Waals surface area (Å²) in [5.74, 6) is 0. The minimum Gasteiger partial charge on any atom is -0.447 e. The largest absolute Gasteiger partial charge is 0.447 e. The molecule has 3 aromatic carbocycles. The Hall–Kier alpha value is -3.15. The molecule has 0 radical (unpaired) electrons. The van der Waals surface area contributed by atoms with E-state index in [0.29, 0.717) is 13.2 Å². The first-order valence-corrected chi connectivity index (χ1v) is 19.6. The van der Waals surface area contributed by atoms with E-state index in [1.165, 1.54) is 89.9 Å². The Kier molecular flexibility index (Phi) is 18.4. The van der Waals surface area contributed by atoms with Crippen molar-refractivity contribution in [2.75, 3.05) is 19.8 Å². The summed E-state index contributed by atoms with van der Waals surface area (Å²) in [6, 6.07) is 31.2.